The Kier molecular flexibility index (Phi) is 10.3. The van der Waals surface area contributed by atoms with Crippen molar-refractivity contribution in [3.05, 3.63) is 23.8 Å². The molecule has 0 aromatic heterocycles. The number of aliphatic imine (C=N–C) groups is 1. The van der Waals surface area contributed by atoms with E-state index in [4.69, 9.17) is 9.47 Å². The molecule has 0 heterocycles. The zero-order chi connectivity index (χ0) is 18.2. The van der Waals surface area contributed by atoms with Crippen molar-refractivity contribution in [2.45, 2.75) is 20.4 Å². The Bertz CT molecular complexity index is 591. The van der Waals surface area contributed by atoms with Gasteiger partial charge in [0.1, 0.15) is 0 Å². The first kappa shape index (κ1) is 23.3. The molecule has 0 unspecified atom stereocenters. The van der Waals surface area contributed by atoms with Gasteiger partial charge in [-0.1, -0.05) is 6.07 Å². The Balaban J connectivity index is 0.00000576. The molecule has 0 saturated carbocycles. The quantitative estimate of drug-likeness (QED) is 0.326. The van der Waals surface area contributed by atoms with Crippen molar-refractivity contribution < 1.29 is 14.3 Å². The second kappa shape index (κ2) is 11.0. The Morgan fingerprint density at radius 3 is 2.32 bits per heavy atom. The predicted octanol–water partition coefficient (Wildman–Crippen LogP) is 1.76. The van der Waals surface area contributed by atoms with Crippen LogP contribution in [0.15, 0.2) is 23.2 Å². The van der Waals surface area contributed by atoms with E-state index in [0.717, 1.165) is 5.56 Å². The van der Waals surface area contributed by atoms with Crippen LogP contribution in [0.3, 0.4) is 0 Å². The first-order valence-corrected chi connectivity index (χ1v) is 7.75. The first-order chi connectivity index (χ1) is 11.4. The smallest absolute Gasteiger partial charge is 0.227 e. The Hall–Kier alpha value is -1.71. The molecule has 1 rings (SSSR count). The van der Waals surface area contributed by atoms with Crippen LogP contribution in [0.1, 0.15) is 19.4 Å². The third-order valence-electron chi connectivity index (χ3n) is 3.67. The van der Waals surface area contributed by atoms with E-state index in [1.807, 2.05) is 32.0 Å². The molecule has 0 bridgehead atoms. The molecule has 0 spiro atoms. The maximum Gasteiger partial charge on any atom is 0.227 e. The van der Waals surface area contributed by atoms with Crippen LogP contribution in [-0.4, -0.2) is 46.7 Å². The zero-order valence-corrected chi connectivity index (χ0v) is 18.1. The van der Waals surface area contributed by atoms with Gasteiger partial charge in [0.05, 0.1) is 19.6 Å². The lowest BCUT2D eigenvalue weighted by atomic mass is 9.92. The van der Waals surface area contributed by atoms with Crippen LogP contribution >= 0.6 is 24.0 Å². The van der Waals surface area contributed by atoms with Crippen molar-refractivity contribution in [3.63, 3.8) is 0 Å². The van der Waals surface area contributed by atoms with Gasteiger partial charge in [-0.2, -0.15) is 0 Å². The summed E-state index contributed by atoms with van der Waals surface area (Å²) in [5.74, 6) is 1.98. The van der Waals surface area contributed by atoms with E-state index in [1.165, 1.54) is 0 Å². The lowest BCUT2D eigenvalue weighted by Crippen LogP contribution is -2.47. The van der Waals surface area contributed by atoms with Crippen molar-refractivity contribution in [1.29, 1.82) is 0 Å². The molecule has 0 radical (unpaired) electrons. The monoisotopic (exact) mass is 464 g/mol. The lowest BCUT2D eigenvalue weighted by molar-refractivity contribution is -0.128. The molecule has 0 fully saturated rings. The molecule has 0 saturated heterocycles. The average molecular weight is 464 g/mol. The minimum absolute atomic E-state index is 0. The third kappa shape index (κ3) is 6.97. The van der Waals surface area contributed by atoms with Crippen molar-refractivity contribution in [3.8, 4) is 11.5 Å². The van der Waals surface area contributed by atoms with Gasteiger partial charge in [0.2, 0.25) is 5.91 Å². The summed E-state index contributed by atoms with van der Waals surface area (Å²) in [6.07, 6.45) is 0. The number of rotatable bonds is 7. The number of carbonyl (C=O) groups is 1. The van der Waals surface area contributed by atoms with E-state index in [1.54, 1.807) is 28.3 Å². The zero-order valence-electron chi connectivity index (χ0n) is 15.7. The second-order valence-electron chi connectivity index (χ2n) is 5.93. The number of hydrogen-bond donors (Lipinski definition) is 3. The molecule has 25 heavy (non-hydrogen) atoms. The van der Waals surface area contributed by atoms with Gasteiger partial charge in [0.15, 0.2) is 17.5 Å². The molecule has 0 aliphatic rings. The molecule has 1 aromatic rings. The number of guanidine groups is 1. The Morgan fingerprint density at radius 1 is 1.16 bits per heavy atom. The number of hydrogen-bond acceptors (Lipinski definition) is 4. The van der Waals surface area contributed by atoms with Crippen molar-refractivity contribution >= 4 is 35.8 Å². The molecule has 1 amide bonds. The predicted molar refractivity (Wildman–Crippen MR) is 111 cm³/mol. The molecule has 0 atom stereocenters. The van der Waals surface area contributed by atoms with Gasteiger partial charge < -0.3 is 25.4 Å². The van der Waals surface area contributed by atoms with Gasteiger partial charge >= 0.3 is 0 Å². The number of benzene rings is 1. The van der Waals surface area contributed by atoms with E-state index in [-0.39, 0.29) is 29.9 Å². The van der Waals surface area contributed by atoms with E-state index in [9.17, 15) is 4.79 Å². The summed E-state index contributed by atoms with van der Waals surface area (Å²) < 4.78 is 10.5. The number of nitrogens with zero attached hydrogens (tertiary/aromatic N) is 1. The Morgan fingerprint density at radius 2 is 1.80 bits per heavy atom. The molecule has 8 heteroatoms. The largest absolute Gasteiger partial charge is 0.493 e. The second-order valence-corrected chi connectivity index (χ2v) is 5.93. The van der Waals surface area contributed by atoms with Crippen LogP contribution in [0, 0.1) is 5.41 Å². The van der Waals surface area contributed by atoms with Gasteiger partial charge in [-0.15, -0.1) is 24.0 Å². The standard InChI is InChI=1S/C17H28N4O3.HI/c1-17(2,15(22)18-3)11-21-16(19-4)20-10-12-7-8-13(23-5)14(9-12)24-6;/h7-9H,10-11H2,1-6H3,(H,18,22)(H2,19,20,21);1H. The number of ether oxygens (including phenoxy) is 2. The highest BCUT2D eigenvalue weighted by atomic mass is 127. The van der Waals surface area contributed by atoms with Crippen molar-refractivity contribution in [1.82, 2.24) is 16.0 Å². The highest BCUT2D eigenvalue weighted by molar-refractivity contribution is 14.0. The van der Waals surface area contributed by atoms with E-state index >= 15 is 0 Å². The molecular formula is C17H29IN4O3. The average Bonchev–Trinajstić information content (AvgIpc) is 2.60. The minimum atomic E-state index is -0.532. The van der Waals surface area contributed by atoms with Gasteiger partial charge in [-0.3, -0.25) is 9.79 Å². The fraction of sp³-hybridized carbons (Fsp3) is 0.529. The number of nitrogens with one attached hydrogen (secondary N) is 3. The number of amides is 1. The number of methoxy groups -OCH3 is 2. The third-order valence-corrected chi connectivity index (χ3v) is 3.67. The van der Waals surface area contributed by atoms with E-state index < -0.39 is 5.41 Å². The maximum absolute atomic E-state index is 11.8. The summed E-state index contributed by atoms with van der Waals surface area (Å²) in [5.41, 5.74) is 0.497. The van der Waals surface area contributed by atoms with Crippen molar-refractivity contribution in [2.24, 2.45) is 10.4 Å². The normalized spacial score (nSPS) is 11.2. The topological polar surface area (TPSA) is 84.0 Å². The molecule has 3 N–H and O–H groups in total. The van der Waals surface area contributed by atoms with Crippen LogP contribution in [-0.2, 0) is 11.3 Å². The lowest BCUT2D eigenvalue weighted by Gasteiger charge is -2.24. The van der Waals surface area contributed by atoms with Gasteiger partial charge in [0.25, 0.3) is 0 Å². The Labute approximate surface area is 167 Å². The van der Waals surface area contributed by atoms with Crippen LogP contribution in [0.4, 0.5) is 0 Å². The molecule has 1 aromatic carbocycles. The fourth-order valence-corrected chi connectivity index (χ4v) is 2.12. The van der Waals surface area contributed by atoms with Crippen LogP contribution in [0.25, 0.3) is 0 Å². The SMILES string of the molecule is CN=C(NCc1ccc(OC)c(OC)c1)NCC(C)(C)C(=O)NC.I. The van der Waals surface area contributed by atoms with Crippen LogP contribution < -0.4 is 25.4 Å². The molecule has 0 aliphatic carbocycles. The highest BCUT2D eigenvalue weighted by Crippen LogP contribution is 2.27. The summed E-state index contributed by atoms with van der Waals surface area (Å²) in [5, 5.41) is 9.05. The first-order valence-electron chi connectivity index (χ1n) is 7.75. The van der Waals surface area contributed by atoms with E-state index in [2.05, 4.69) is 20.9 Å². The van der Waals surface area contributed by atoms with Gasteiger partial charge in [0, 0.05) is 27.2 Å². The highest BCUT2D eigenvalue weighted by Gasteiger charge is 2.26. The molecule has 142 valence electrons. The summed E-state index contributed by atoms with van der Waals surface area (Å²) in [6.45, 7) is 4.79. The summed E-state index contributed by atoms with van der Waals surface area (Å²) in [4.78, 5) is 16.0. The van der Waals surface area contributed by atoms with Gasteiger partial charge in [-0.05, 0) is 31.5 Å². The summed E-state index contributed by atoms with van der Waals surface area (Å²) in [6, 6.07) is 5.73. The minimum Gasteiger partial charge on any atom is -0.493 e. The summed E-state index contributed by atoms with van der Waals surface area (Å²) in [7, 11) is 6.54. The molecule has 0 aliphatic heterocycles. The molecular weight excluding hydrogens is 435 g/mol. The van der Waals surface area contributed by atoms with Gasteiger partial charge in [-0.25, -0.2) is 0 Å². The number of carbonyl (C=O) groups excluding carboxylic acids is 1. The summed E-state index contributed by atoms with van der Waals surface area (Å²) >= 11 is 0. The van der Waals surface area contributed by atoms with E-state index in [0.29, 0.717) is 30.5 Å². The van der Waals surface area contributed by atoms with Crippen LogP contribution in [0.5, 0.6) is 11.5 Å². The molecule has 7 nitrogen and oxygen atoms in total. The van der Waals surface area contributed by atoms with Crippen molar-refractivity contribution in [2.75, 3.05) is 34.9 Å². The van der Waals surface area contributed by atoms with Crippen LogP contribution in [0.2, 0.25) is 0 Å². The maximum atomic E-state index is 11.8. The number of halogens is 1. The fourth-order valence-electron chi connectivity index (χ4n) is 2.12.